The number of rotatable bonds is 13. The Hall–Kier alpha value is -4.19. The number of aryl methyl sites for hydroxylation is 1. The smallest absolute Gasteiger partial charge is 0.408 e. The van der Waals surface area contributed by atoms with Crippen LogP contribution in [0, 0.1) is 17.7 Å². The van der Waals surface area contributed by atoms with Crippen molar-refractivity contribution in [2.75, 3.05) is 6.67 Å². The fourth-order valence-corrected chi connectivity index (χ4v) is 6.50. The van der Waals surface area contributed by atoms with Crippen LogP contribution >= 0.6 is 11.6 Å². The predicted octanol–water partition coefficient (Wildman–Crippen LogP) is 4.86. The summed E-state index contributed by atoms with van der Waals surface area (Å²) >= 11 is 6.33. The van der Waals surface area contributed by atoms with E-state index in [4.69, 9.17) is 17.3 Å². The molecule has 4 rings (SSSR count). The Kier molecular flexibility index (Phi) is 10.9. The Balaban J connectivity index is 1.80. The number of fused-ring (bicyclic) bond motifs is 3. The Morgan fingerprint density at radius 1 is 1.15 bits per heavy atom. The van der Waals surface area contributed by atoms with Gasteiger partial charge in [0.05, 0.1) is 17.2 Å². The molecule has 1 heterocycles. The number of aromatic amines is 1. The summed E-state index contributed by atoms with van der Waals surface area (Å²) in [5, 5.41) is 16.4. The van der Waals surface area contributed by atoms with Gasteiger partial charge in [0.15, 0.2) is 0 Å². The van der Waals surface area contributed by atoms with Crippen LogP contribution < -0.4 is 16.4 Å². The number of H-pyrrole nitrogens is 1. The SMILES string of the molecule is CC[C@H](C)[C@H](NC(=O)[C@@]1(NC(=O)C(C(C)CCF)N(Cc2ccccc2)C(=O)O)CCc2[nH]c3c(Cl)cc(F)cc3c2C1)C(N)=O. The van der Waals surface area contributed by atoms with Gasteiger partial charge in [-0.25, -0.2) is 9.18 Å². The molecular weight excluding hydrogens is 620 g/mol. The lowest BCUT2D eigenvalue weighted by Gasteiger charge is -2.41. The van der Waals surface area contributed by atoms with Crippen LogP contribution in [0.15, 0.2) is 42.5 Å². The van der Waals surface area contributed by atoms with Gasteiger partial charge < -0.3 is 26.5 Å². The molecule has 0 radical (unpaired) electrons. The zero-order valence-electron chi connectivity index (χ0n) is 26.0. The zero-order valence-corrected chi connectivity index (χ0v) is 26.8. The molecule has 5 atom stereocenters. The van der Waals surface area contributed by atoms with E-state index in [0.29, 0.717) is 34.1 Å². The van der Waals surface area contributed by atoms with E-state index < -0.39 is 59.8 Å². The quantitative estimate of drug-likeness (QED) is 0.177. The van der Waals surface area contributed by atoms with Crippen molar-refractivity contribution in [1.82, 2.24) is 20.5 Å². The molecule has 248 valence electrons. The highest BCUT2D eigenvalue weighted by molar-refractivity contribution is 6.35. The van der Waals surface area contributed by atoms with Crippen LogP contribution in [0.5, 0.6) is 0 Å². The maximum Gasteiger partial charge on any atom is 0.408 e. The van der Waals surface area contributed by atoms with Gasteiger partial charge in [0.1, 0.15) is 23.4 Å². The third-order valence-corrected chi connectivity index (χ3v) is 9.35. The first-order valence-electron chi connectivity index (χ1n) is 15.3. The van der Waals surface area contributed by atoms with Crippen molar-refractivity contribution in [3.63, 3.8) is 0 Å². The molecule has 2 aromatic carbocycles. The number of aromatic nitrogens is 1. The highest BCUT2D eigenvalue weighted by atomic mass is 35.5. The molecule has 2 unspecified atom stereocenters. The largest absolute Gasteiger partial charge is 0.465 e. The number of carboxylic acid groups (broad SMARTS) is 1. The summed E-state index contributed by atoms with van der Waals surface area (Å²) < 4.78 is 28.2. The van der Waals surface area contributed by atoms with Crippen molar-refractivity contribution in [1.29, 1.82) is 0 Å². The molecule has 3 aromatic rings. The highest BCUT2D eigenvalue weighted by Crippen LogP contribution is 2.37. The fraction of sp³-hybridized carbons (Fsp3) is 0.455. The molecule has 10 nitrogen and oxygen atoms in total. The first-order valence-corrected chi connectivity index (χ1v) is 15.7. The minimum absolute atomic E-state index is 0.0481. The monoisotopic (exact) mass is 659 g/mol. The van der Waals surface area contributed by atoms with Crippen molar-refractivity contribution in [3.8, 4) is 0 Å². The number of carbonyl (C=O) groups is 4. The molecule has 0 bridgehead atoms. The van der Waals surface area contributed by atoms with E-state index in [-0.39, 0.29) is 43.2 Å². The van der Waals surface area contributed by atoms with Crippen LogP contribution in [0.3, 0.4) is 0 Å². The van der Waals surface area contributed by atoms with Crippen LogP contribution in [-0.2, 0) is 33.8 Å². The lowest BCUT2D eigenvalue weighted by Crippen LogP contribution is -2.67. The lowest BCUT2D eigenvalue weighted by molar-refractivity contribution is -0.139. The Labute approximate surface area is 271 Å². The van der Waals surface area contributed by atoms with E-state index in [1.807, 2.05) is 6.92 Å². The third kappa shape index (κ3) is 7.27. The van der Waals surface area contributed by atoms with Gasteiger partial charge >= 0.3 is 6.09 Å². The minimum atomic E-state index is -1.70. The Morgan fingerprint density at radius 2 is 1.85 bits per heavy atom. The van der Waals surface area contributed by atoms with Crippen LogP contribution in [-0.4, -0.2) is 63.1 Å². The van der Waals surface area contributed by atoms with Gasteiger partial charge in [-0.05, 0) is 54.4 Å². The molecule has 4 amide bonds. The Morgan fingerprint density at radius 3 is 2.46 bits per heavy atom. The molecular formula is C33H40ClF2N5O5. The minimum Gasteiger partial charge on any atom is -0.465 e. The van der Waals surface area contributed by atoms with Gasteiger partial charge in [-0.15, -0.1) is 0 Å². The molecule has 6 N–H and O–H groups in total. The molecule has 13 heteroatoms. The van der Waals surface area contributed by atoms with E-state index in [0.717, 1.165) is 4.90 Å². The topological polar surface area (TPSA) is 158 Å². The van der Waals surface area contributed by atoms with Crippen LogP contribution in [0.2, 0.25) is 5.02 Å². The second-order valence-electron chi connectivity index (χ2n) is 12.2. The van der Waals surface area contributed by atoms with Gasteiger partial charge in [0.2, 0.25) is 17.7 Å². The number of nitrogens with two attached hydrogens (primary N) is 1. The lowest BCUT2D eigenvalue weighted by atomic mass is 9.78. The number of nitrogens with zero attached hydrogens (tertiary/aromatic N) is 1. The fourth-order valence-electron chi connectivity index (χ4n) is 6.25. The number of benzene rings is 2. The highest BCUT2D eigenvalue weighted by Gasteiger charge is 2.47. The molecule has 1 aliphatic carbocycles. The number of hydrogen-bond acceptors (Lipinski definition) is 4. The number of carbonyl (C=O) groups excluding carboxylic acids is 3. The van der Waals surface area contributed by atoms with E-state index in [1.54, 1.807) is 44.2 Å². The zero-order chi connectivity index (χ0) is 33.8. The molecule has 1 aromatic heterocycles. The van der Waals surface area contributed by atoms with Gasteiger partial charge in [-0.1, -0.05) is 69.1 Å². The van der Waals surface area contributed by atoms with Crippen LogP contribution in [0.1, 0.15) is 56.9 Å². The Bertz CT molecular complexity index is 1600. The van der Waals surface area contributed by atoms with Gasteiger partial charge in [0.25, 0.3) is 0 Å². The van der Waals surface area contributed by atoms with Crippen molar-refractivity contribution in [3.05, 3.63) is 70.1 Å². The number of primary amides is 1. The van der Waals surface area contributed by atoms with Crippen molar-refractivity contribution in [2.24, 2.45) is 17.6 Å². The summed E-state index contributed by atoms with van der Waals surface area (Å²) in [5.74, 6) is -3.96. The molecule has 1 aliphatic rings. The molecule has 0 spiro atoms. The summed E-state index contributed by atoms with van der Waals surface area (Å²) in [4.78, 5) is 57.7. The molecule has 0 aliphatic heterocycles. The standard InChI is InChI=1S/C33H40ClF2N5O5/c1-4-18(2)26(29(37)42)39-31(44)33(12-10-25-23(16-33)22-14-21(36)15-24(34)27(22)38-25)40-30(43)28(19(3)11-13-35)41(32(45)46)17-20-8-6-5-7-9-20/h5-9,14-15,18-19,26,28,38H,4,10-13,16-17H2,1-3H3,(H2,37,42)(H,39,44)(H,40,43)(H,45,46)/t18-,19?,26-,28?,33+/m0/s1. The van der Waals surface area contributed by atoms with E-state index >= 15 is 0 Å². The number of amides is 4. The van der Waals surface area contributed by atoms with Crippen molar-refractivity contribution < 1.29 is 33.1 Å². The van der Waals surface area contributed by atoms with Crippen molar-refractivity contribution >= 4 is 46.3 Å². The van der Waals surface area contributed by atoms with Crippen LogP contribution in [0.4, 0.5) is 13.6 Å². The first-order chi connectivity index (χ1) is 21.8. The summed E-state index contributed by atoms with van der Waals surface area (Å²) in [6, 6.07) is 8.68. The number of hydrogen-bond donors (Lipinski definition) is 5. The summed E-state index contributed by atoms with van der Waals surface area (Å²) in [5.41, 5.74) is 6.29. The predicted molar refractivity (Wildman–Crippen MR) is 170 cm³/mol. The molecule has 0 saturated heterocycles. The van der Waals surface area contributed by atoms with E-state index in [9.17, 15) is 33.1 Å². The van der Waals surface area contributed by atoms with Crippen LogP contribution in [0.25, 0.3) is 10.9 Å². The summed E-state index contributed by atoms with van der Waals surface area (Å²) in [6.45, 7) is 4.22. The normalized spacial score (nSPS) is 18.6. The van der Waals surface area contributed by atoms with E-state index in [1.165, 1.54) is 12.1 Å². The molecule has 0 fully saturated rings. The van der Waals surface area contributed by atoms with Gasteiger partial charge in [-0.2, -0.15) is 0 Å². The third-order valence-electron chi connectivity index (χ3n) is 9.05. The number of halogens is 3. The first kappa shape index (κ1) is 34.7. The van der Waals surface area contributed by atoms with Gasteiger partial charge in [-0.3, -0.25) is 23.7 Å². The van der Waals surface area contributed by atoms with Crippen molar-refractivity contribution in [2.45, 2.75) is 77.0 Å². The number of alkyl halides is 1. The average molecular weight is 660 g/mol. The maximum absolute atomic E-state index is 14.5. The molecule has 46 heavy (non-hydrogen) atoms. The average Bonchev–Trinajstić information content (AvgIpc) is 3.37. The second kappa shape index (κ2) is 14.5. The summed E-state index contributed by atoms with van der Waals surface area (Å²) in [7, 11) is 0. The summed E-state index contributed by atoms with van der Waals surface area (Å²) in [6.07, 6.45) is -0.830. The maximum atomic E-state index is 14.5. The second-order valence-corrected chi connectivity index (χ2v) is 12.6. The number of nitrogens with one attached hydrogen (secondary N) is 3. The molecule has 0 saturated carbocycles. The van der Waals surface area contributed by atoms with E-state index in [2.05, 4.69) is 15.6 Å². The van der Waals surface area contributed by atoms with Gasteiger partial charge in [0, 0.05) is 24.0 Å².